The van der Waals surface area contributed by atoms with Crippen LogP contribution in [-0.2, 0) is 4.74 Å². The van der Waals surface area contributed by atoms with E-state index in [0.29, 0.717) is 0 Å². The molecular formula is C31H66O4. The summed E-state index contributed by atoms with van der Waals surface area (Å²) in [6, 6.07) is 0. The molecule has 0 unspecified atom stereocenters. The highest BCUT2D eigenvalue weighted by Gasteiger charge is 1.96. The molecule has 4 nitrogen and oxygen atoms in total. The molecule has 3 N–H and O–H groups in total. The molecule has 0 aromatic heterocycles. The predicted octanol–water partition coefficient (Wildman–Crippen LogP) is 8.74. The first-order valence-corrected chi connectivity index (χ1v) is 15.7. The Balaban J connectivity index is 0. The molecule has 0 bridgehead atoms. The quantitative estimate of drug-likeness (QED) is 0.0935. The van der Waals surface area contributed by atoms with E-state index >= 15 is 0 Å². The minimum absolute atomic E-state index is 0.365. The van der Waals surface area contributed by atoms with Crippen LogP contribution in [0.5, 0.6) is 0 Å². The summed E-state index contributed by atoms with van der Waals surface area (Å²) in [6.07, 6.45) is 33.1. The third kappa shape index (κ3) is 38.5. The molecule has 0 saturated carbocycles. The van der Waals surface area contributed by atoms with Crippen LogP contribution in [0.15, 0.2) is 0 Å². The van der Waals surface area contributed by atoms with Crippen molar-refractivity contribution in [3.05, 3.63) is 0 Å². The molecule has 0 atom stereocenters. The van der Waals surface area contributed by atoms with Gasteiger partial charge < -0.3 is 20.1 Å². The van der Waals surface area contributed by atoms with Crippen LogP contribution in [0.25, 0.3) is 0 Å². The fourth-order valence-corrected chi connectivity index (χ4v) is 4.25. The van der Waals surface area contributed by atoms with E-state index in [-0.39, 0.29) is 13.2 Å². The molecule has 35 heavy (non-hydrogen) atoms. The van der Waals surface area contributed by atoms with Crippen LogP contribution < -0.4 is 0 Å². The number of unbranched alkanes of at least 4 members (excludes halogenated alkanes) is 22. The van der Waals surface area contributed by atoms with Gasteiger partial charge >= 0.3 is 0 Å². The minimum atomic E-state index is -0.954. The largest absolute Gasteiger partial charge is 0.394 e. The molecule has 0 rings (SSSR count). The molecule has 0 aromatic rings. The zero-order chi connectivity index (χ0) is 26.1. The van der Waals surface area contributed by atoms with Gasteiger partial charge in [0.05, 0.1) is 13.2 Å². The lowest BCUT2D eigenvalue weighted by Crippen LogP contribution is -2.15. The normalized spacial score (nSPS) is 11.1. The fourth-order valence-electron chi connectivity index (χ4n) is 4.25. The van der Waals surface area contributed by atoms with Crippen LogP contribution in [-0.4, -0.2) is 47.9 Å². The van der Waals surface area contributed by atoms with Gasteiger partial charge in [-0.15, -0.1) is 0 Å². The summed E-state index contributed by atoms with van der Waals surface area (Å²) >= 11 is 0. The van der Waals surface area contributed by atoms with E-state index in [1.807, 2.05) is 0 Å². The van der Waals surface area contributed by atoms with Gasteiger partial charge in [0.1, 0.15) is 6.10 Å². The van der Waals surface area contributed by atoms with Crippen molar-refractivity contribution >= 4 is 0 Å². The Morgan fingerprint density at radius 3 is 0.829 bits per heavy atom. The highest BCUT2D eigenvalue weighted by Crippen LogP contribution is 2.13. The molecule has 0 fully saturated rings. The molecule has 0 heterocycles. The maximum Gasteiger partial charge on any atom is 0.100 e. The van der Waals surface area contributed by atoms with Crippen LogP contribution in [0.1, 0.15) is 168 Å². The smallest absolute Gasteiger partial charge is 0.100 e. The highest BCUT2D eigenvalue weighted by molar-refractivity contribution is 4.50. The van der Waals surface area contributed by atoms with E-state index in [1.54, 1.807) is 0 Å². The molecule has 0 aliphatic heterocycles. The summed E-state index contributed by atoms with van der Waals surface area (Å²) in [5, 5.41) is 24.0. The van der Waals surface area contributed by atoms with Crippen LogP contribution >= 0.6 is 0 Å². The van der Waals surface area contributed by atoms with Crippen molar-refractivity contribution in [2.45, 2.75) is 174 Å². The Kier molecular flexibility index (Phi) is 38.1. The van der Waals surface area contributed by atoms with Gasteiger partial charge in [-0.05, 0) is 12.8 Å². The van der Waals surface area contributed by atoms with Crippen molar-refractivity contribution in [1.82, 2.24) is 0 Å². The van der Waals surface area contributed by atoms with Gasteiger partial charge in [-0.2, -0.15) is 0 Å². The molecule has 0 saturated heterocycles. The molecule has 0 amide bonds. The second-order valence-electron chi connectivity index (χ2n) is 10.4. The predicted molar refractivity (Wildman–Crippen MR) is 153 cm³/mol. The summed E-state index contributed by atoms with van der Waals surface area (Å²) in [4.78, 5) is 0. The summed E-state index contributed by atoms with van der Waals surface area (Å²) in [7, 11) is 0. The van der Waals surface area contributed by atoms with Crippen molar-refractivity contribution in [3.8, 4) is 0 Å². The topological polar surface area (TPSA) is 69.9 Å². The van der Waals surface area contributed by atoms with E-state index in [1.165, 1.54) is 154 Å². The summed E-state index contributed by atoms with van der Waals surface area (Å²) in [5.41, 5.74) is 0. The lowest BCUT2D eigenvalue weighted by atomic mass is 10.1. The number of aliphatic hydroxyl groups excluding tert-OH is 3. The molecule has 0 spiro atoms. The first kappa shape index (κ1) is 37.0. The van der Waals surface area contributed by atoms with E-state index in [9.17, 15) is 0 Å². The number of rotatable bonds is 28. The zero-order valence-electron chi connectivity index (χ0n) is 24.1. The Morgan fingerprint density at radius 1 is 0.400 bits per heavy atom. The van der Waals surface area contributed by atoms with Crippen LogP contribution in [0.4, 0.5) is 0 Å². The third-order valence-corrected chi connectivity index (χ3v) is 6.71. The second-order valence-corrected chi connectivity index (χ2v) is 10.4. The average Bonchev–Trinajstić information content (AvgIpc) is 2.88. The first-order chi connectivity index (χ1) is 17.2. The Morgan fingerprint density at radius 2 is 0.629 bits per heavy atom. The number of ether oxygens (including phenoxy) is 1. The molecule has 0 aliphatic rings. The van der Waals surface area contributed by atoms with Gasteiger partial charge in [0.25, 0.3) is 0 Å². The Hall–Kier alpha value is -0.160. The summed E-state index contributed by atoms with van der Waals surface area (Å²) < 4.78 is 5.82. The standard InChI is InChI=1S/C28H58O.C3H8O3/c1-3-5-7-9-11-13-15-17-19-21-23-25-27-29-28-26-24-22-20-18-16-14-12-10-8-6-4-2;4-1-3(6)2-5/h3-28H2,1-2H3;3-6H,1-2H2. The van der Waals surface area contributed by atoms with Crippen molar-refractivity contribution in [1.29, 1.82) is 0 Å². The second kappa shape index (κ2) is 36.0. The van der Waals surface area contributed by atoms with Crippen LogP contribution in [0, 0.1) is 0 Å². The lowest BCUT2D eigenvalue weighted by Gasteiger charge is -2.05. The average molecular weight is 503 g/mol. The fraction of sp³-hybridized carbons (Fsp3) is 1.00. The van der Waals surface area contributed by atoms with Gasteiger partial charge in [-0.1, -0.05) is 155 Å². The van der Waals surface area contributed by atoms with Gasteiger partial charge in [-0.25, -0.2) is 0 Å². The van der Waals surface area contributed by atoms with Crippen molar-refractivity contribution < 1.29 is 20.1 Å². The van der Waals surface area contributed by atoms with Crippen molar-refractivity contribution in [2.24, 2.45) is 0 Å². The SMILES string of the molecule is CCCCCCCCCCCCCCOCCCCCCCCCCCCCC.OCC(O)CO. The van der Waals surface area contributed by atoms with Crippen LogP contribution in [0.3, 0.4) is 0 Å². The van der Waals surface area contributed by atoms with E-state index in [0.717, 1.165) is 13.2 Å². The molecular weight excluding hydrogens is 436 g/mol. The van der Waals surface area contributed by atoms with Crippen molar-refractivity contribution in [3.63, 3.8) is 0 Å². The number of hydrogen-bond donors (Lipinski definition) is 3. The monoisotopic (exact) mass is 502 g/mol. The number of aliphatic hydroxyl groups is 3. The van der Waals surface area contributed by atoms with Gasteiger partial charge in [0, 0.05) is 13.2 Å². The molecule has 0 aliphatic carbocycles. The van der Waals surface area contributed by atoms with E-state index in [4.69, 9.17) is 20.1 Å². The highest BCUT2D eigenvalue weighted by atomic mass is 16.5. The lowest BCUT2D eigenvalue weighted by molar-refractivity contribution is 0.0450. The van der Waals surface area contributed by atoms with E-state index < -0.39 is 6.10 Å². The van der Waals surface area contributed by atoms with Gasteiger partial charge in [0.2, 0.25) is 0 Å². The van der Waals surface area contributed by atoms with E-state index in [2.05, 4.69) is 13.8 Å². The third-order valence-electron chi connectivity index (χ3n) is 6.71. The first-order valence-electron chi connectivity index (χ1n) is 15.7. The van der Waals surface area contributed by atoms with Crippen LogP contribution in [0.2, 0.25) is 0 Å². The Labute approximate surface area is 220 Å². The maximum atomic E-state index is 8.17. The maximum absolute atomic E-state index is 8.17. The van der Waals surface area contributed by atoms with Crippen molar-refractivity contribution in [2.75, 3.05) is 26.4 Å². The molecule has 214 valence electrons. The Bertz CT molecular complexity index is 308. The summed E-state index contributed by atoms with van der Waals surface area (Å²) in [5.74, 6) is 0. The molecule has 0 radical (unpaired) electrons. The molecule has 0 aromatic carbocycles. The number of hydrogen-bond acceptors (Lipinski definition) is 4. The minimum Gasteiger partial charge on any atom is -0.394 e. The van der Waals surface area contributed by atoms with Gasteiger partial charge in [-0.3, -0.25) is 0 Å². The zero-order valence-corrected chi connectivity index (χ0v) is 24.1. The summed E-state index contributed by atoms with van der Waals surface area (Å²) in [6.45, 7) is 5.85. The molecule has 4 heteroatoms. The van der Waals surface area contributed by atoms with Gasteiger partial charge in [0.15, 0.2) is 0 Å².